The van der Waals surface area contributed by atoms with Crippen molar-refractivity contribution < 1.29 is 4.74 Å². The van der Waals surface area contributed by atoms with Gasteiger partial charge in [0, 0.05) is 24.2 Å². The molecule has 3 nitrogen and oxygen atoms in total. The molecular formula is C26H25BrN2O. The second-order valence-corrected chi connectivity index (χ2v) is 7.59. The quantitative estimate of drug-likeness (QED) is 0.338. The lowest BCUT2D eigenvalue weighted by molar-refractivity contribution is 0.483. The van der Waals surface area contributed by atoms with Gasteiger partial charge >= 0.3 is 0 Å². The summed E-state index contributed by atoms with van der Waals surface area (Å²) >= 11 is 0. The van der Waals surface area contributed by atoms with Crippen LogP contribution in [-0.4, -0.2) is 18.1 Å². The number of aryl methyl sites for hydroxylation is 1. The highest BCUT2D eigenvalue weighted by Gasteiger charge is 2.24. The van der Waals surface area contributed by atoms with Crippen LogP contribution in [0.1, 0.15) is 16.8 Å². The van der Waals surface area contributed by atoms with Gasteiger partial charge in [-0.15, -0.1) is 17.0 Å². The third-order valence-electron chi connectivity index (χ3n) is 5.67. The zero-order chi connectivity index (χ0) is 19.6. The van der Waals surface area contributed by atoms with Gasteiger partial charge in [-0.3, -0.25) is 4.98 Å². The normalized spacial score (nSPS) is 12.5. The first-order valence-electron chi connectivity index (χ1n) is 10.2. The number of benzene rings is 3. The van der Waals surface area contributed by atoms with E-state index >= 15 is 0 Å². The van der Waals surface area contributed by atoms with Crippen LogP contribution in [0.2, 0.25) is 0 Å². The maximum absolute atomic E-state index is 6.09. The third-order valence-corrected chi connectivity index (χ3v) is 5.67. The van der Waals surface area contributed by atoms with Gasteiger partial charge in [0.1, 0.15) is 11.5 Å². The molecule has 2 heterocycles. The summed E-state index contributed by atoms with van der Waals surface area (Å²) in [6, 6.07) is 26.9. The van der Waals surface area contributed by atoms with E-state index in [4.69, 9.17) is 9.72 Å². The third kappa shape index (κ3) is 4.05. The van der Waals surface area contributed by atoms with E-state index in [9.17, 15) is 0 Å². The van der Waals surface area contributed by atoms with Gasteiger partial charge in [0.2, 0.25) is 0 Å². The Labute approximate surface area is 188 Å². The predicted octanol–water partition coefficient (Wildman–Crippen LogP) is 6.52. The molecule has 1 aliphatic rings. The van der Waals surface area contributed by atoms with E-state index in [-0.39, 0.29) is 17.0 Å². The van der Waals surface area contributed by atoms with Crippen LogP contribution in [0.4, 0.5) is 5.69 Å². The minimum Gasteiger partial charge on any atom is -0.457 e. The first-order valence-corrected chi connectivity index (χ1v) is 10.2. The lowest BCUT2D eigenvalue weighted by Crippen LogP contribution is -2.23. The summed E-state index contributed by atoms with van der Waals surface area (Å²) in [6.07, 6.45) is 2.10. The van der Waals surface area contributed by atoms with Gasteiger partial charge in [0.15, 0.2) is 0 Å². The van der Waals surface area contributed by atoms with Crippen LogP contribution in [-0.2, 0) is 12.8 Å². The molecule has 0 N–H and O–H groups in total. The molecule has 0 radical (unpaired) electrons. The van der Waals surface area contributed by atoms with Crippen LogP contribution < -0.4 is 9.64 Å². The number of halogens is 1. The lowest BCUT2D eigenvalue weighted by atomic mass is 10.1. The van der Waals surface area contributed by atoms with Crippen molar-refractivity contribution in [2.24, 2.45) is 0 Å². The highest BCUT2D eigenvalue weighted by molar-refractivity contribution is 8.93. The Hall–Kier alpha value is -2.85. The van der Waals surface area contributed by atoms with Gasteiger partial charge in [0.05, 0.1) is 11.2 Å². The van der Waals surface area contributed by atoms with Crippen molar-refractivity contribution in [1.82, 2.24) is 4.98 Å². The fourth-order valence-corrected chi connectivity index (χ4v) is 4.22. The fourth-order valence-electron chi connectivity index (χ4n) is 4.22. The molecule has 1 aliphatic heterocycles. The average Bonchev–Trinajstić information content (AvgIpc) is 3.19. The molecule has 4 aromatic rings. The summed E-state index contributed by atoms with van der Waals surface area (Å²) in [5.74, 6) is 1.70. The van der Waals surface area contributed by atoms with E-state index < -0.39 is 0 Å². The number of hydrogen-bond donors (Lipinski definition) is 0. The second-order valence-electron chi connectivity index (χ2n) is 7.59. The summed E-state index contributed by atoms with van der Waals surface area (Å²) in [5.41, 5.74) is 6.27. The smallest absolute Gasteiger partial charge is 0.128 e. The SMILES string of the molecule is Br.Cc1nc2ccc(Oc3ccccc3)cc2c2c1CCN2CCc1ccccc1. The van der Waals surface area contributed by atoms with Gasteiger partial charge in [-0.1, -0.05) is 48.5 Å². The number of para-hydroxylation sites is 1. The van der Waals surface area contributed by atoms with Gasteiger partial charge in [-0.25, -0.2) is 0 Å². The van der Waals surface area contributed by atoms with Crippen LogP contribution >= 0.6 is 17.0 Å². The minimum absolute atomic E-state index is 0. The number of nitrogens with zero attached hydrogens (tertiary/aromatic N) is 2. The molecule has 0 saturated heterocycles. The number of rotatable bonds is 5. The van der Waals surface area contributed by atoms with Crippen molar-refractivity contribution in [3.63, 3.8) is 0 Å². The van der Waals surface area contributed by atoms with E-state index in [0.29, 0.717) is 0 Å². The standard InChI is InChI=1S/C26H24N2O.BrH/c1-19-23-15-17-28(16-14-20-8-4-2-5-9-20)26(23)24-18-22(12-13-25(24)27-19)29-21-10-6-3-7-11-21;/h2-13,18H,14-17H2,1H3;1H. The number of pyridine rings is 1. The second kappa shape index (κ2) is 8.88. The lowest BCUT2D eigenvalue weighted by Gasteiger charge is -2.22. The Bertz CT molecular complexity index is 1150. The molecule has 5 rings (SSSR count). The summed E-state index contributed by atoms with van der Waals surface area (Å²) < 4.78 is 6.09. The van der Waals surface area contributed by atoms with Crippen molar-refractivity contribution in [2.75, 3.05) is 18.0 Å². The Balaban J connectivity index is 0.00000218. The van der Waals surface area contributed by atoms with Crippen LogP contribution in [0.15, 0.2) is 78.9 Å². The number of ether oxygens (including phenoxy) is 1. The molecule has 152 valence electrons. The number of anilines is 1. The molecule has 0 bridgehead atoms. The van der Waals surface area contributed by atoms with Crippen LogP contribution in [0.25, 0.3) is 10.9 Å². The molecule has 0 fully saturated rings. The summed E-state index contributed by atoms with van der Waals surface area (Å²) in [6.45, 7) is 4.19. The molecule has 0 spiro atoms. The number of fused-ring (bicyclic) bond motifs is 3. The van der Waals surface area contributed by atoms with Gasteiger partial charge in [-0.05, 0) is 61.2 Å². The van der Waals surface area contributed by atoms with Gasteiger partial charge < -0.3 is 9.64 Å². The zero-order valence-electron chi connectivity index (χ0n) is 17.0. The van der Waals surface area contributed by atoms with Crippen molar-refractivity contribution >= 4 is 33.6 Å². The van der Waals surface area contributed by atoms with E-state index in [1.807, 2.05) is 36.4 Å². The van der Waals surface area contributed by atoms with E-state index in [2.05, 4.69) is 54.3 Å². The minimum atomic E-state index is 0. The molecule has 30 heavy (non-hydrogen) atoms. The maximum atomic E-state index is 6.09. The fraction of sp³-hybridized carbons (Fsp3) is 0.192. The first kappa shape index (κ1) is 20.4. The Morgan fingerprint density at radius 1 is 0.900 bits per heavy atom. The molecule has 4 heteroatoms. The Morgan fingerprint density at radius 3 is 2.40 bits per heavy atom. The van der Waals surface area contributed by atoms with Crippen LogP contribution in [0.5, 0.6) is 11.5 Å². The highest BCUT2D eigenvalue weighted by Crippen LogP contribution is 2.38. The summed E-state index contributed by atoms with van der Waals surface area (Å²) in [4.78, 5) is 7.39. The predicted molar refractivity (Wildman–Crippen MR) is 129 cm³/mol. The first-order chi connectivity index (χ1) is 14.3. The van der Waals surface area contributed by atoms with E-state index in [1.165, 1.54) is 22.2 Å². The van der Waals surface area contributed by atoms with Crippen molar-refractivity contribution in [2.45, 2.75) is 19.8 Å². The van der Waals surface area contributed by atoms with Crippen molar-refractivity contribution in [1.29, 1.82) is 0 Å². The largest absolute Gasteiger partial charge is 0.457 e. The summed E-state index contributed by atoms with van der Waals surface area (Å²) in [5, 5.41) is 1.18. The molecule has 0 atom stereocenters. The Morgan fingerprint density at radius 2 is 1.63 bits per heavy atom. The molecule has 1 aromatic heterocycles. The monoisotopic (exact) mass is 460 g/mol. The molecule has 3 aromatic carbocycles. The molecule has 0 unspecified atom stereocenters. The summed E-state index contributed by atoms with van der Waals surface area (Å²) in [7, 11) is 0. The van der Waals surface area contributed by atoms with Crippen LogP contribution in [0.3, 0.4) is 0 Å². The van der Waals surface area contributed by atoms with Crippen LogP contribution in [0, 0.1) is 6.92 Å². The molecule has 0 aliphatic carbocycles. The maximum Gasteiger partial charge on any atom is 0.128 e. The number of hydrogen-bond acceptors (Lipinski definition) is 3. The van der Waals surface area contributed by atoms with Gasteiger partial charge in [0.25, 0.3) is 0 Å². The average molecular weight is 461 g/mol. The molecular weight excluding hydrogens is 436 g/mol. The molecule has 0 saturated carbocycles. The number of aromatic nitrogens is 1. The highest BCUT2D eigenvalue weighted by atomic mass is 79.9. The van der Waals surface area contributed by atoms with Gasteiger partial charge in [-0.2, -0.15) is 0 Å². The van der Waals surface area contributed by atoms with Crippen molar-refractivity contribution in [3.05, 3.63) is 95.7 Å². The molecule has 0 amide bonds. The van der Waals surface area contributed by atoms with Crippen molar-refractivity contribution in [3.8, 4) is 11.5 Å². The topological polar surface area (TPSA) is 25.4 Å². The Kier molecular flexibility index (Phi) is 6.05. The van der Waals surface area contributed by atoms with E-state index in [1.54, 1.807) is 0 Å². The zero-order valence-corrected chi connectivity index (χ0v) is 18.8. The van der Waals surface area contributed by atoms with E-state index in [0.717, 1.165) is 48.6 Å².